The van der Waals surface area contributed by atoms with Gasteiger partial charge < -0.3 is 15.2 Å². The van der Waals surface area contributed by atoms with Gasteiger partial charge in [-0.2, -0.15) is 0 Å². The van der Waals surface area contributed by atoms with E-state index in [-0.39, 0.29) is 0 Å². The third-order valence-electron chi connectivity index (χ3n) is 1.59. The second-order valence-electron chi connectivity index (χ2n) is 2.66. The van der Waals surface area contributed by atoms with Crippen LogP contribution in [0.1, 0.15) is 6.92 Å². The quantitative estimate of drug-likeness (QED) is 0.882. The maximum Gasteiger partial charge on any atom is 0.133 e. The average Bonchev–Trinajstić information content (AvgIpc) is 2.17. The third kappa shape index (κ3) is 3.20. The van der Waals surface area contributed by atoms with E-state index in [1.54, 1.807) is 0 Å². The molecule has 78 valence electrons. The summed E-state index contributed by atoms with van der Waals surface area (Å²) in [5.41, 5.74) is 5.34. The number of ether oxygens (including phenoxy) is 2. The number of halogens is 1. The van der Waals surface area contributed by atoms with Crippen LogP contribution in [-0.4, -0.2) is 19.8 Å². The van der Waals surface area contributed by atoms with Crippen LogP contribution in [0.25, 0.3) is 0 Å². The van der Waals surface area contributed by atoms with Crippen LogP contribution in [0.15, 0.2) is 22.7 Å². The van der Waals surface area contributed by atoms with Gasteiger partial charge in [0.1, 0.15) is 18.1 Å². The molecule has 1 aromatic rings. The Morgan fingerprint density at radius 2 is 2.14 bits per heavy atom. The minimum absolute atomic E-state index is 0.514. The van der Waals surface area contributed by atoms with Gasteiger partial charge in [-0.15, -0.1) is 0 Å². The van der Waals surface area contributed by atoms with E-state index in [1.165, 1.54) is 0 Å². The molecular formula is C10H14BrNO2. The van der Waals surface area contributed by atoms with E-state index in [2.05, 4.69) is 15.9 Å². The maximum atomic E-state index is 5.39. The molecule has 14 heavy (non-hydrogen) atoms. The molecule has 0 saturated heterocycles. The summed E-state index contributed by atoms with van der Waals surface area (Å²) in [7, 11) is 0. The largest absolute Gasteiger partial charge is 0.494 e. The fourth-order valence-corrected chi connectivity index (χ4v) is 1.50. The van der Waals surface area contributed by atoms with Gasteiger partial charge in [0.15, 0.2) is 0 Å². The summed E-state index contributed by atoms with van der Waals surface area (Å²) >= 11 is 3.40. The van der Waals surface area contributed by atoms with Gasteiger partial charge in [0.25, 0.3) is 0 Å². The van der Waals surface area contributed by atoms with Crippen molar-refractivity contribution in [1.82, 2.24) is 0 Å². The van der Waals surface area contributed by atoms with Gasteiger partial charge in [-0.3, -0.25) is 0 Å². The molecule has 0 aliphatic carbocycles. The Morgan fingerprint density at radius 3 is 2.71 bits per heavy atom. The van der Waals surface area contributed by atoms with E-state index in [9.17, 15) is 0 Å². The van der Waals surface area contributed by atoms with Crippen molar-refractivity contribution in [3.05, 3.63) is 22.7 Å². The smallest absolute Gasteiger partial charge is 0.133 e. The van der Waals surface area contributed by atoms with E-state index in [0.717, 1.165) is 16.0 Å². The molecule has 1 rings (SSSR count). The molecule has 0 aliphatic heterocycles. The Morgan fingerprint density at radius 1 is 1.36 bits per heavy atom. The Hall–Kier alpha value is -0.740. The van der Waals surface area contributed by atoms with E-state index in [4.69, 9.17) is 15.2 Å². The summed E-state index contributed by atoms with van der Waals surface area (Å²) in [5.74, 6) is 1.62. The summed E-state index contributed by atoms with van der Waals surface area (Å²) in [6.45, 7) is 3.65. The lowest BCUT2D eigenvalue weighted by atomic mass is 10.3. The first-order valence-corrected chi connectivity index (χ1v) is 5.32. The highest BCUT2D eigenvalue weighted by Gasteiger charge is 2.02. The highest BCUT2D eigenvalue weighted by atomic mass is 79.9. The summed E-state index contributed by atoms with van der Waals surface area (Å²) < 4.78 is 11.6. The van der Waals surface area contributed by atoms with Crippen molar-refractivity contribution < 1.29 is 9.47 Å². The molecule has 0 saturated carbocycles. The first-order chi connectivity index (χ1) is 6.77. The van der Waals surface area contributed by atoms with Crippen molar-refractivity contribution in [3.63, 3.8) is 0 Å². The first-order valence-electron chi connectivity index (χ1n) is 4.53. The van der Waals surface area contributed by atoms with Crippen LogP contribution in [0.5, 0.6) is 11.5 Å². The molecule has 0 heterocycles. The fraction of sp³-hybridized carbons (Fsp3) is 0.400. The molecule has 0 fully saturated rings. The number of hydrogen-bond acceptors (Lipinski definition) is 3. The number of rotatable bonds is 5. The Labute approximate surface area is 92.3 Å². The topological polar surface area (TPSA) is 44.5 Å². The zero-order chi connectivity index (χ0) is 10.4. The van der Waals surface area contributed by atoms with Crippen molar-refractivity contribution >= 4 is 15.9 Å². The van der Waals surface area contributed by atoms with Gasteiger partial charge in [0, 0.05) is 6.54 Å². The number of nitrogens with two attached hydrogens (primary N) is 1. The molecule has 2 N–H and O–H groups in total. The van der Waals surface area contributed by atoms with Crippen LogP contribution >= 0.6 is 15.9 Å². The molecule has 1 aromatic carbocycles. The summed E-state index contributed by atoms with van der Waals surface area (Å²) in [6.07, 6.45) is 0. The van der Waals surface area contributed by atoms with Crippen molar-refractivity contribution in [3.8, 4) is 11.5 Å². The second-order valence-corrected chi connectivity index (χ2v) is 3.52. The molecule has 0 amide bonds. The van der Waals surface area contributed by atoms with Gasteiger partial charge in [0.05, 0.1) is 11.1 Å². The molecule has 4 heteroatoms. The van der Waals surface area contributed by atoms with Crippen LogP contribution in [0.2, 0.25) is 0 Å². The van der Waals surface area contributed by atoms with Gasteiger partial charge in [0.2, 0.25) is 0 Å². The minimum Gasteiger partial charge on any atom is -0.494 e. The lowest BCUT2D eigenvalue weighted by Crippen LogP contribution is -2.10. The van der Waals surface area contributed by atoms with Crippen LogP contribution in [0.4, 0.5) is 0 Å². The second kappa shape index (κ2) is 5.88. The number of benzene rings is 1. The van der Waals surface area contributed by atoms with Crippen LogP contribution < -0.4 is 15.2 Å². The third-order valence-corrected chi connectivity index (χ3v) is 2.21. The minimum atomic E-state index is 0.514. The zero-order valence-corrected chi connectivity index (χ0v) is 9.71. The average molecular weight is 260 g/mol. The fourth-order valence-electron chi connectivity index (χ4n) is 1.02. The predicted octanol–water partition coefficient (Wildman–Crippen LogP) is 2.19. The van der Waals surface area contributed by atoms with E-state index in [1.807, 2.05) is 25.1 Å². The standard InChI is InChI=1S/C10H14BrNO2/c1-2-13-8-3-4-10(9(11)7-8)14-6-5-12/h3-4,7H,2,5-6,12H2,1H3. The lowest BCUT2D eigenvalue weighted by molar-refractivity contribution is 0.321. The molecule has 0 bridgehead atoms. The number of hydrogen-bond donors (Lipinski definition) is 1. The highest BCUT2D eigenvalue weighted by Crippen LogP contribution is 2.29. The lowest BCUT2D eigenvalue weighted by Gasteiger charge is -2.08. The molecule has 3 nitrogen and oxygen atoms in total. The Kier molecular flexibility index (Phi) is 4.76. The van der Waals surface area contributed by atoms with Crippen molar-refractivity contribution in [2.24, 2.45) is 5.73 Å². The molecular weight excluding hydrogens is 246 g/mol. The first kappa shape index (κ1) is 11.3. The summed E-state index contributed by atoms with van der Waals surface area (Å²) in [6, 6.07) is 5.63. The molecule has 0 radical (unpaired) electrons. The highest BCUT2D eigenvalue weighted by molar-refractivity contribution is 9.10. The van der Waals surface area contributed by atoms with Crippen LogP contribution in [0.3, 0.4) is 0 Å². The molecule has 0 atom stereocenters. The normalized spacial score (nSPS) is 9.93. The van der Waals surface area contributed by atoms with E-state index in [0.29, 0.717) is 19.8 Å². The Balaban J connectivity index is 2.68. The van der Waals surface area contributed by atoms with Crippen molar-refractivity contribution in [1.29, 1.82) is 0 Å². The summed E-state index contributed by atoms with van der Waals surface area (Å²) in [4.78, 5) is 0. The van der Waals surface area contributed by atoms with Crippen molar-refractivity contribution in [2.45, 2.75) is 6.92 Å². The van der Waals surface area contributed by atoms with E-state index >= 15 is 0 Å². The van der Waals surface area contributed by atoms with Gasteiger partial charge in [-0.1, -0.05) is 0 Å². The SMILES string of the molecule is CCOc1ccc(OCCN)c(Br)c1. The summed E-state index contributed by atoms with van der Waals surface area (Å²) in [5, 5.41) is 0. The molecule has 0 aliphatic rings. The zero-order valence-electron chi connectivity index (χ0n) is 8.13. The molecule has 0 aromatic heterocycles. The van der Waals surface area contributed by atoms with Crippen molar-refractivity contribution in [2.75, 3.05) is 19.8 Å². The van der Waals surface area contributed by atoms with E-state index < -0.39 is 0 Å². The Bertz CT molecular complexity index is 291. The molecule has 0 unspecified atom stereocenters. The van der Waals surface area contributed by atoms with Gasteiger partial charge >= 0.3 is 0 Å². The van der Waals surface area contributed by atoms with Gasteiger partial charge in [-0.05, 0) is 41.1 Å². The van der Waals surface area contributed by atoms with Crippen LogP contribution in [0, 0.1) is 0 Å². The predicted molar refractivity (Wildman–Crippen MR) is 59.9 cm³/mol. The maximum absolute atomic E-state index is 5.39. The monoisotopic (exact) mass is 259 g/mol. The molecule has 0 spiro atoms. The van der Waals surface area contributed by atoms with Gasteiger partial charge in [-0.25, -0.2) is 0 Å². The van der Waals surface area contributed by atoms with Crippen LogP contribution in [-0.2, 0) is 0 Å².